The summed E-state index contributed by atoms with van der Waals surface area (Å²) >= 11 is 0. The summed E-state index contributed by atoms with van der Waals surface area (Å²) in [6, 6.07) is 0. The Hall–Kier alpha value is -3.07. The van der Waals surface area contributed by atoms with E-state index in [4.69, 9.17) is 29.0 Å². The maximum absolute atomic E-state index is 13.7. The molecule has 0 radical (unpaired) electrons. The Morgan fingerprint density at radius 3 is 2.17 bits per heavy atom. The molecule has 2 N–H and O–H groups in total. The average molecular weight is 537 g/mol. The molecule has 0 saturated carbocycles. The van der Waals surface area contributed by atoms with Crippen molar-refractivity contribution in [2.45, 2.75) is 52.4 Å². The Balaban J connectivity index is 2.01. The van der Waals surface area contributed by atoms with E-state index in [0.717, 1.165) is 0 Å². The summed E-state index contributed by atoms with van der Waals surface area (Å²) in [6.45, 7) is 3.72. The summed E-state index contributed by atoms with van der Waals surface area (Å²) in [5.41, 5.74) is 6.55. The Kier molecular flexibility index (Phi) is 11.2. The van der Waals surface area contributed by atoms with Gasteiger partial charge in [-0.25, -0.2) is 23.9 Å². The van der Waals surface area contributed by atoms with Crippen molar-refractivity contribution >= 4 is 31.5 Å². The number of nitrogens with zero attached hydrogens (tertiary/aromatic N) is 4. The quantitative estimate of drug-likeness (QED) is 0.211. The zero-order chi connectivity index (χ0) is 26.7. The first-order valence-electron chi connectivity index (χ1n) is 10.7. The number of rotatable bonds is 14. The Bertz CT molecular complexity index is 1020. The van der Waals surface area contributed by atoms with Gasteiger partial charge in [-0.15, -0.1) is 0 Å². The lowest BCUT2D eigenvalue weighted by atomic mass is 10.1. The van der Waals surface area contributed by atoms with Gasteiger partial charge in [0.25, 0.3) is 0 Å². The van der Waals surface area contributed by atoms with Crippen LogP contribution in [0.15, 0.2) is 12.5 Å². The second kappa shape index (κ2) is 13.9. The zero-order valence-corrected chi connectivity index (χ0v) is 21.1. The summed E-state index contributed by atoms with van der Waals surface area (Å²) in [4.78, 5) is 30.9. The molecule has 0 aliphatic carbocycles. The molecule has 2 aromatic rings. The molecule has 0 spiro atoms. The van der Waals surface area contributed by atoms with E-state index >= 15 is 0 Å². The molecule has 1 atom stereocenters. The molecule has 0 aliphatic heterocycles. The van der Waals surface area contributed by atoms with Gasteiger partial charge < -0.3 is 29.4 Å². The lowest BCUT2D eigenvalue weighted by Gasteiger charge is -2.21. The highest BCUT2D eigenvalue weighted by atomic mass is 31.2. The van der Waals surface area contributed by atoms with Crippen LogP contribution in [0.5, 0.6) is 0 Å². The van der Waals surface area contributed by atoms with Gasteiger partial charge in [0, 0.05) is 12.0 Å². The number of carbonyl (C=O) groups is 2. The molecule has 15 nitrogen and oxygen atoms in total. The SMILES string of the molecule is CC(C)OC(=O)OCOP(=O)(CO[C@@H](CF)Cc1cnn2c(N)ncnc12)OCOC(=O)OC(C)C. The van der Waals surface area contributed by atoms with Crippen molar-refractivity contribution in [1.29, 1.82) is 0 Å². The molecule has 36 heavy (non-hydrogen) atoms. The lowest BCUT2D eigenvalue weighted by Crippen LogP contribution is -2.21. The fraction of sp³-hybridized carbons (Fsp3) is 0.632. The fourth-order valence-corrected chi connectivity index (χ4v) is 3.54. The molecule has 0 aromatic carbocycles. The summed E-state index contributed by atoms with van der Waals surface area (Å²) in [6.07, 6.45) is -2.35. The molecular formula is C19H29FN5O10P. The largest absolute Gasteiger partial charge is 0.510 e. The maximum Gasteiger partial charge on any atom is 0.510 e. The molecule has 17 heteroatoms. The van der Waals surface area contributed by atoms with Crippen molar-refractivity contribution in [2.75, 3.05) is 32.3 Å². The lowest BCUT2D eigenvalue weighted by molar-refractivity contribution is -0.0377. The van der Waals surface area contributed by atoms with Gasteiger partial charge in [-0.3, -0.25) is 13.6 Å². The van der Waals surface area contributed by atoms with E-state index in [0.29, 0.717) is 11.2 Å². The molecule has 0 unspecified atom stereocenters. The minimum atomic E-state index is -4.23. The van der Waals surface area contributed by atoms with E-state index in [-0.39, 0.29) is 12.4 Å². The average Bonchev–Trinajstić information content (AvgIpc) is 3.19. The highest BCUT2D eigenvalue weighted by molar-refractivity contribution is 7.53. The Morgan fingerprint density at radius 1 is 1.06 bits per heavy atom. The van der Waals surface area contributed by atoms with E-state index in [1.54, 1.807) is 27.7 Å². The normalized spacial score (nSPS) is 12.6. The van der Waals surface area contributed by atoms with Crippen molar-refractivity contribution in [3.05, 3.63) is 18.1 Å². The first kappa shape index (κ1) is 29.2. The van der Waals surface area contributed by atoms with Gasteiger partial charge in [0.2, 0.25) is 19.5 Å². The van der Waals surface area contributed by atoms with Crippen LogP contribution in [0.1, 0.15) is 33.3 Å². The summed E-state index contributed by atoms with van der Waals surface area (Å²) in [7, 11) is -4.23. The van der Waals surface area contributed by atoms with E-state index in [9.17, 15) is 18.5 Å². The van der Waals surface area contributed by atoms with Crippen LogP contribution >= 0.6 is 7.60 Å². The maximum atomic E-state index is 13.7. The zero-order valence-electron chi connectivity index (χ0n) is 20.2. The number of hydrogen-bond acceptors (Lipinski definition) is 14. The molecule has 0 saturated heterocycles. The number of nitrogens with two attached hydrogens (primary N) is 1. The number of alkyl halides is 1. The van der Waals surface area contributed by atoms with Crippen molar-refractivity contribution in [1.82, 2.24) is 19.6 Å². The van der Waals surface area contributed by atoms with Crippen LogP contribution in [-0.4, -0.2) is 76.8 Å². The molecule has 2 rings (SSSR count). The van der Waals surface area contributed by atoms with E-state index in [2.05, 4.69) is 24.5 Å². The van der Waals surface area contributed by atoms with Gasteiger partial charge in [-0.1, -0.05) is 0 Å². The predicted molar refractivity (Wildman–Crippen MR) is 120 cm³/mol. The van der Waals surface area contributed by atoms with Gasteiger partial charge in [-0.2, -0.15) is 9.61 Å². The second-order valence-corrected chi connectivity index (χ2v) is 9.64. The molecule has 2 aromatic heterocycles. The standard InChI is InChI=1S/C19H29FN5O10P/c1-12(2)34-18(26)29-9-32-36(28,33-10-30-19(27)35-13(3)4)11-31-15(6-20)5-14-7-24-25-16(14)22-8-23-17(25)21/h7-8,12-13,15H,5-6,9-11H2,1-4H3,(H2,21,22,23)/t15-/m1/s1. The van der Waals surface area contributed by atoms with Crippen molar-refractivity contribution < 1.29 is 51.3 Å². The highest BCUT2D eigenvalue weighted by Gasteiger charge is 2.30. The molecule has 0 fully saturated rings. The van der Waals surface area contributed by atoms with Crippen LogP contribution in [-0.2, 0) is 43.7 Å². The summed E-state index contributed by atoms with van der Waals surface area (Å²) in [5.74, 6) is 0.0854. The van der Waals surface area contributed by atoms with E-state index in [1.165, 1.54) is 17.0 Å². The molecular weight excluding hydrogens is 508 g/mol. The van der Waals surface area contributed by atoms with Crippen LogP contribution in [0.25, 0.3) is 5.65 Å². The van der Waals surface area contributed by atoms with Gasteiger partial charge in [0.05, 0.1) is 24.5 Å². The van der Waals surface area contributed by atoms with Gasteiger partial charge in [0.1, 0.15) is 19.3 Å². The third-order valence-corrected chi connectivity index (χ3v) is 5.47. The Morgan fingerprint density at radius 2 is 1.64 bits per heavy atom. The van der Waals surface area contributed by atoms with Crippen LogP contribution in [0.3, 0.4) is 0 Å². The number of fused-ring (bicyclic) bond motifs is 1. The van der Waals surface area contributed by atoms with Crippen LogP contribution in [0.2, 0.25) is 0 Å². The number of aromatic nitrogens is 4. The first-order valence-corrected chi connectivity index (χ1v) is 12.4. The number of nitrogen functional groups attached to an aromatic ring is 1. The number of ether oxygens (including phenoxy) is 5. The molecule has 0 bridgehead atoms. The van der Waals surface area contributed by atoms with Crippen LogP contribution in [0.4, 0.5) is 19.9 Å². The van der Waals surface area contributed by atoms with Crippen molar-refractivity contribution in [3.63, 3.8) is 0 Å². The third-order valence-electron chi connectivity index (χ3n) is 4.01. The molecule has 2 heterocycles. The van der Waals surface area contributed by atoms with Crippen molar-refractivity contribution in [3.8, 4) is 0 Å². The van der Waals surface area contributed by atoms with Gasteiger partial charge in [-0.05, 0) is 27.7 Å². The summed E-state index contributed by atoms with van der Waals surface area (Å²) < 4.78 is 62.4. The highest BCUT2D eigenvalue weighted by Crippen LogP contribution is 2.48. The third kappa shape index (κ3) is 9.53. The monoisotopic (exact) mass is 537 g/mol. The second-order valence-electron chi connectivity index (χ2n) is 7.64. The number of anilines is 1. The van der Waals surface area contributed by atoms with Crippen molar-refractivity contribution in [2.24, 2.45) is 0 Å². The van der Waals surface area contributed by atoms with Gasteiger partial charge >= 0.3 is 19.9 Å². The molecule has 202 valence electrons. The minimum Gasteiger partial charge on any atom is -0.432 e. The number of halogens is 1. The first-order chi connectivity index (χ1) is 17.0. The Labute approximate surface area is 205 Å². The van der Waals surface area contributed by atoms with Crippen LogP contribution in [0, 0.1) is 0 Å². The smallest absolute Gasteiger partial charge is 0.432 e. The van der Waals surface area contributed by atoms with E-state index < -0.39 is 64.8 Å². The number of carbonyl (C=O) groups excluding carboxylic acids is 2. The summed E-state index contributed by atoms with van der Waals surface area (Å²) in [5, 5.41) is 4.03. The predicted octanol–water partition coefficient (Wildman–Crippen LogP) is 2.83. The minimum absolute atomic E-state index is 0.0229. The topological polar surface area (TPSA) is 185 Å². The fourth-order valence-electron chi connectivity index (χ4n) is 2.50. The molecule has 0 amide bonds. The molecule has 0 aliphatic rings. The van der Waals surface area contributed by atoms with E-state index in [1.807, 2.05) is 0 Å². The number of hydrogen-bond donors (Lipinski definition) is 1. The van der Waals surface area contributed by atoms with Gasteiger partial charge in [0.15, 0.2) is 5.65 Å². The van der Waals surface area contributed by atoms with Crippen LogP contribution < -0.4 is 5.73 Å².